The minimum Gasteiger partial charge on any atom is -0.506 e. The Balaban J connectivity index is 2.13. The molecular weight excluding hydrogens is 288 g/mol. The molecule has 0 aliphatic rings. The molecule has 0 amide bonds. The Kier molecular flexibility index (Phi) is 4.66. The van der Waals surface area contributed by atoms with Gasteiger partial charge in [0.25, 0.3) is 0 Å². The number of allylic oxidation sites excluding steroid dienone is 1. The predicted octanol–water partition coefficient (Wildman–Crippen LogP) is 4.33. The Morgan fingerprint density at radius 2 is 1.81 bits per heavy atom. The second-order valence-corrected chi connectivity index (χ2v) is 5.12. The molecule has 2 aromatic rings. The first kappa shape index (κ1) is 15.1. The molecule has 0 aromatic heterocycles. The van der Waals surface area contributed by atoms with Gasteiger partial charge in [0.2, 0.25) is 0 Å². The second kappa shape index (κ2) is 6.46. The Labute approximate surface area is 128 Å². The molecule has 2 aromatic carbocycles. The molecule has 0 fully saturated rings. The molecule has 0 aliphatic heterocycles. The molecular formula is C17H15ClO3. The number of hydrogen-bond donors (Lipinski definition) is 1. The fourth-order valence-corrected chi connectivity index (χ4v) is 2.08. The van der Waals surface area contributed by atoms with Crippen LogP contribution in [0.1, 0.15) is 12.5 Å². The van der Waals surface area contributed by atoms with E-state index in [4.69, 9.17) is 16.3 Å². The number of ether oxygens (including phenoxy) is 1. The number of hydrogen-bond acceptors (Lipinski definition) is 3. The Morgan fingerprint density at radius 1 is 1.19 bits per heavy atom. The third-order valence-electron chi connectivity index (χ3n) is 2.87. The molecule has 4 heteroatoms. The van der Waals surface area contributed by atoms with Gasteiger partial charge in [0.15, 0.2) is 0 Å². The number of benzene rings is 2. The standard InChI is InChI=1S/C17H15ClO3/c1-11(2)21-17(20)9-12-3-5-13(6-4-12)14-7-8-16(19)15(18)10-14/h3-8,10,19H,1,9H2,2H3. The summed E-state index contributed by atoms with van der Waals surface area (Å²) in [5, 5.41) is 9.72. The zero-order valence-corrected chi connectivity index (χ0v) is 12.4. The third-order valence-corrected chi connectivity index (χ3v) is 3.17. The van der Waals surface area contributed by atoms with Crippen LogP contribution in [0, 0.1) is 0 Å². The van der Waals surface area contributed by atoms with Gasteiger partial charge in [-0.3, -0.25) is 4.79 Å². The fraction of sp³-hybridized carbons (Fsp3) is 0.118. The summed E-state index contributed by atoms with van der Waals surface area (Å²) < 4.78 is 4.92. The van der Waals surface area contributed by atoms with E-state index in [2.05, 4.69) is 6.58 Å². The van der Waals surface area contributed by atoms with E-state index >= 15 is 0 Å². The minimum absolute atomic E-state index is 0.0552. The van der Waals surface area contributed by atoms with Crippen LogP contribution in [-0.2, 0) is 16.0 Å². The number of esters is 1. The van der Waals surface area contributed by atoms with Crippen LogP contribution in [0.2, 0.25) is 5.02 Å². The van der Waals surface area contributed by atoms with Crippen LogP contribution in [0.15, 0.2) is 54.8 Å². The van der Waals surface area contributed by atoms with Gasteiger partial charge >= 0.3 is 5.97 Å². The summed E-state index contributed by atoms with van der Waals surface area (Å²) in [5.41, 5.74) is 2.71. The quantitative estimate of drug-likeness (QED) is 0.675. The highest BCUT2D eigenvalue weighted by Gasteiger charge is 2.06. The van der Waals surface area contributed by atoms with Crippen molar-refractivity contribution in [2.45, 2.75) is 13.3 Å². The van der Waals surface area contributed by atoms with Gasteiger partial charge in [0.1, 0.15) is 5.75 Å². The highest BCUT2D eigenvalue weighted by molar-refractivity contribution is 6.32. The first-order valence-electron chi connectivity index (χ1n) is 6.40. The van der Waals surface area contributed by atoms with Gasteiger partial charge in [0.05, 0.1) is 17.2 Å². The van der Waals surface area contributed by atoms with Crippen molar-refractivity contribution in [3.8, 4) is 16.9 Å². The van der Waals surface area contributed by atoms with Crippen molar-refractivity contribution in [2.24, 2.45) is 0 Å². The largest absolute Gasteiger partial charge is 0.506 e. The van der Waals surface area contributed by atoms with E-state index in [1.165, 1.54) is 0 Å². The summed E-state index contributed by atoms with van der Waals surface area (Å²) in [6.07, 6.45) is 0.198. The molecule has 0 saturated heterocycles. The minimum atomic E-state index is -0.331. The van der Waals surface area contributed by atoms with Crippen LogP contribution in [0.3, 0.4) is 0 Å². The first-order chi connectivity index (χ1) is 9.95. The molecule has 0 spiro atoms. The van der Waals surface area contributed by atoms with Gasteiger partial charge in [-0.2, -0.15) is 0 Å². The lowest BCUT2D eigenvalue weighted by atomic mass is 10.0. The summed E-state index contributed by atoms with van der Waals surface area (Å²) >= 11 is 5.89. The summed E-state index contributed by atoms with van der Waals surface area (Å²) in [6.45, 7) is 5.16. The lowest BCUT2D eigenvalue weighted by Crippen LogP contribution is -2.06. The molecule has 3 nitrogen and oxygen atoms in total. The van der Waals surface area contributed by atoms with E-state index in [0.717, 1.165) is 16.7 Å². The van der Waals surface area contributed by atoms with Crippen LogP contribution >= 0.6 is 11.6 Å². The maximum absolute atomic E-state index is 11.5. The Bertz CT molecular complexity index is 675. The van der Waals surface area contributed by atoms with E-state index in [9.17, 15) is 9.90 Å². The summed E-state index contributed by atoms with van der Waals surface area (Å²) in [4.78, 5) is 11.5. The molecule has 0 heterocycles. The molecule has 0 unspecified atom stereocenters. The van der Waals surface area contributed by atoms with E-state index in [1.807, 2.05) is 24.3 Å². The van der Waals surface area contributed by atoms with E-state index < -0.39 is 0 Å². The van der Waals surface area contributed by atoms with Crippen molar-refractivity contribution < 1.29 is 14.6 Å². The van der Waals surface area contributed by atoms with Crippen LogP contribution < -0.4 is 0 Å². The van der Waals surface area contributed by atoms with Crippen LogP contribution in [0.4, 0.5) is 0 Å². The molecule has 0 saturated carbocycles. The summed E-state index contributed by atoms with van der Waals surface area (Å²) in [5.74, 6) is 0.109. The Hall–Kier alpha value is -2.26. The van der Waals surface area contributed by atoms with E-state index in [-0.39, 0.29) is 18.1 Å². The SMILES string of the molecule is C=C(C)OC(=O)Cc1ccc(-c2ccc(O)c(Cl)c2)cc1. The van der Waals surface area contributed by atoms with Gasteiger partial charge in [-0.15, -0.1) is 0 Å². The lowest BCUT2D eigenvalue weighted by Gasteiger charge is -2.06. The first-order valence-corrected chi connectivity index (χ1v) is 6.77. The van der Waals surface area contributed by atoms with E-state index in [1.54, 1.807) is 25.1 Å². The number of carbonyl (C=O) groups excluding carboxylic acids is 1. The summed E-state index contributed by atoms with van der Waals surface area (Å²) in [7, 11) is 0. The molecule has 0 bridgehead atoms. The zero-order chi connectivity index (χ0) is 15.4. The van der Waals surface area contributed by atoms with Crippen LogP contribution in [-0.4, -0.2) is 11.1 Å². The monoisotopic (exact) mass is 302 g/mol. The molecule has 21 heavy (non-hydrogen) atoms. The lowest BCUT2D eigenvalue weighted by molar-refractivity contribution is -0.138. The average molecular weight is 303 g/mol. The van der Waals surface area contributed by atoms with Crippen molar-refractivity contribution in [1.29, 1.82) is 0 Å². The smallest absolute Gasteiger partial charge is 0.315 e. The third kappa shape index (κ3) is 4.10. The number of phenols is 1. The number of rotatable bonds is 4. The maximum Gasteiger partial charge on any atom is 0.315 e. The predicted molar refractivity (Wildman–Crippen MR) is 83.2 cm³/mol. The normalized spacial score (nSPS) is 10.2. The molecule has 108 valence electrons. The fourth-order valence-electron chi connectivity index (χ4n) is 1.90. The van der Waals surface area contributed by atoms with Crippen molar-refractivity contribution in [1.82, 2.24) is 0 Å². The molecule has 0 aliphatic carbocycles. The van der Waals surface area contributed by atoms with Gasteiger partial charge in [-0.1, -0.05) is 48.5 Å². The van der Waals surface area contributed by atoms with Gasteiger partial charge in [-0.25, -0.2) is 0 Å². The van der Waals surface area contributed by atoms with Crippen LogP contribution in [0.5, 0.6) is 5.75 Å². The Morgan fingerprint density at radius 3 is 2.38 bits per heavy atom. The van der Waals surface area contributed by atoms with Crippen molar-refractivity contribution in [3.63, 3.8) is 0 Å². The average Bonchev–Trinajstić information content (AvgIpc) is 2.42. The number of carbonyl (C=O) groups is 1. The van der Waals surface area contributed by atoms with Gasteiger partial charge < -0.3 is 9.84 Å². The van der Waals surface area contributed by atoms with Crippen molar-refractivity contribution >= 4 is 17.6 Å². The highest BCUT2D eigenvalue weighted by Crippen LogP contribution is 2.29. The maximum atomic E-state index is 11.5. The second-order valence-electron chi connectivity index (χ2n) is 4.72. The summed E-state index contributed by atoms with van der Waals surface area (Å²) in [6, 6.07) is 12.5. The molecule has 0 radical (unpaired) electrons. The van der Waals surface area contributed by atoms with E-state index in [0.29, 0.717) is 10.8 Å². The van der Waals surface area contributed by atoms with Crippen LogP contribution in [0.25, 0.3) is 11.1 Å². The highest BCUT2D eigenvalue weighted by atomic mass is 35.5. The van der Waals surface area contributed by atoms with Gasteiger partial charge in [0, 0.05) is 0 Å². The van der Waals surface area contributed by atoms with Gasteiger partial charge in [-0.05, 0) is 35.7 Å². The van der Waals surface area contributed by atoms with Crippen molar-refractivity contribution in [2.75, 3.05) is 0 Å². The van der Waals surface area contributed by atoms with Crippen molar-refractivity contribution in [3.05, 3.63) is 65.4 Å². The zero-order valence-electron chi connectivity index (χ0n) is 11.6. The number of phenolic OH excluding ortho intramolecular Hbond substituents is 1. The molecule has 2 rings (SSSR count). The topological polar surface area (TPSA) is 46.5 Å². The number of aromatic hydroxyl groups is 1. The molecule has 1 N–H and O–H groups in total. The number of halogens is 1. The molecule has 0 atom stereocenters.